The summed E-state index contributed by atoms with van der Waals surface area (Å²) in [6.45, 7) is 6.85. The van der Waals surface area contributed by atoms with Crippen molar-refractivity contribution in [2.24, 2.45) is 21.7 Å². The Balaban J connectivity index is 1.86. The van der Waals surface area contributed by atoms with Crippen LogP contribution in [-0.2, 0) is 0 Å². The first kappa shape index (κ1) is 22.9. The van der Waals surface area contributed by atoms with E-state index in [1.807, 2.05) is 38.1 Å². The molecule has 6 nitrogen and oxygen atoms in total. The molecule has 1 heterocycles. The third-order valence-electron chi connectivity index (χ3n) is 4.56. The number of thiazole rings is 1. The van der Waals surface area contributed by atoms with E-state index in [0.717, 1.165) is 45.6 Å². The second-order valence-electron chi connectivity index (χ2n) is 7.14. The molecule has 0 saturated heterocycles. The van der Waals surface area contributed by atoms with Gasteiger partial charge < -0.3 is 16.2 Å². The van der Waals surface area contributed by atoms with Gasteiger partial charge in [-0.3, -0.25) is 0 Å². The lowest BCUT2D eigenvalue weighted by atomic mass is 10.1. The Labute approximate surface area is 178 Å². The molecule has 1 aromatic heterocycles. The van der Waals surface area contributed by atoms with E-state index in [9.17, 15) is 0 Å². The van der Waals surface area contributed by atoms with E-state index in [0.29, 0.717) is 0 Å². The zero-order valence-electron chi connectivity index (χ0n) is 17.8. The molecule has 7 heteroatoms. The Morgan fingerprint density at radius 1 is 1.00 bits per heavy atom. The highest BCUT2D eigenvalue weighted by molar-refractivity contribution is 7.17. The summed E-state index contributed by atoms with van der Waals surface area (Å²) in [6, 6.07) is 8.11. The first-order valence-electron chi connectivity index (χ1n) is 10.4. The zero-order valence-corrected chi connectivity index (χ0v) is 18.6. The van der Waals surface area contributed by atoms with E-state index in [4.69, 9.17) is 16.2 Å². The van der Waals surface area contributed by atoms with Crippen molar-refractivity contribution in [1.29, 1.82) is 0 Å². The predicted octanol–water partition coefficient (Wildman–Crippen LogP) is 5.25. The molecule has 0 fully saturated rings. The number of ether oxygens (including phenoxy) is 1. The van der Waals surface area contributed by atoms with Crippen molar-refractivity contribution in [3.05, 3.63) is 34.8 Å². The SMILES string of the molecule is CCCCCCCCCOc1ccc(-c2nc(C)c(/C(C)=N/N=C(N)N)s2)cc1. The highest BCUT2D eigenvalue weighted by atomic mass is 32.1. The van der Waals surface area contributed by atoms with Gasteiger partial charge in [-0.25, -0.2) is 4.98 Å². The third kappa shape index (κ3) is 7.85. The maximum Gasteiger partial charge on any atom is 0.211 e. The minimum absolute atomic E-state index is 0.0566. The second kappa shape index (κ2) is 12.2. The standard InChI is InChI=1S/C22H33N5OS/c1-4-5-6-7-8-9-10-15-28-19-13-11-18(12-14-19)21-25-16(2)20(29-21)17(3)26-27-22(23)24/h11-14H,4-10,15H2,1-3H3,(H4,23,24,27)/b26-17+. The van der Waals surface area contributed by atoms with Crippen LogP contribution in [-0.4, -0.2) is 23.3 Å². The molecule has 0 aliphatic carbocycles. The van der Waals surface area contributed by atoms with Crippen LogP contribution in [0.2, 0.25) is 0 Å². The van der Waals surface area contributed by atoms with Crippen LogP contribution in [0.15, 0.2) is 34.5 Å². The van der Waals surface area contributed by atoms with Gasteiger partial charge in [0.25, 0.3) is 0 Å². The molecule has 0 amide bonds. The van der Waals surface area contributed by atoms with Gasteiger partial charge in [0.05, 0.1) is 22.9 Å². The largest absolute Gasteiger partial charge is 0.494 e. The molecule has 0 unspecified atom stereocenters. The fourth-order valence-corrected chi connectivity index (χ4v) is 3.99. The highest BCUT2D eigenvalue weighted by Gasteiger charge is 2.12. The fraction of sp³-hybridized carbons (Fsp3) is 0.500. The van der Waals surface area contributed by atoms with Gasteiger partial charge in [-0.05, 0) is 44.5 Å². The molecule has 2 rings (SSSR count). The lowest BCUT2D eigenvalue weighted by Crippen LogP contribution is -2.22. The molecule has 4 N–H and O–H groups in total. The maximum absolute atomic E-state index is 5.87. The van der Waals surface area contributed by atoms with Gasteiger partial charge in [-0.2, -0.15) is 5.10 Å². The number of hydrogen-bond donors (Lipinski definition) is 2. The van der Waals surface area contributed by atoms with Crippen LogP contribution in [0.5, 0.6) is 5.75 Å². The zero-order chi connectivity index (χ0) is 21.1. The number of unbranched alkanes of at least 4 members (excludes halogenated alkanes) is 6. The average molecular weight is 416 g/mol. The Morgan fingerprint density at radius 3 is 2.31 bits per heavy atom. The van der Waals surface area contributed by atoms with Crippen molar-refractivity contribution in [3.8, 4) is 16.3 Å². The number of benzene rings is 1. The van der Waals surface area contributed by atoms with E-state index in [-0.39, 0.29) is 5.96 Å². The maximum atomic E-state index is 5.87. The summed E-state index contributed by atoms with van der Waals surface area (Å²) in [5, 5.41) is 8.71. The fourth-order valence-electron chi connectivity index (χ4n) is 2.98. The average Bonchev–Trinajstić information content (AvgIpc) is 3.10. The predicted molar refractivity (Wildman–Crippen MR) is 124 cm³/mol. The van der Waals surface area contributed by atoms with Gasteiger partial charge >= 0.3 is 0 Å². The molecule has 0 radical (unpaired) electrons. The van der Waals surface area contributed by atoms with Gasteiger partial charge in [0.2, 0.25) is 5.96 Å². The third-order valence-corrected chi connectivity index (χ3v) is 5.87. The Morgan fingerprint density at radius 2 is 1.66 bits per heavy atom. The molecular formula is C22H33N5OS. The number of guanidine groups is 1. The minimum atomic E-state index is -0.0566. The van der Waals surface area contributed by atoms with Crippen molar-refractivity contribution >= 4 is 23.0 Å². The van der Waals surface area contributed by atoms with Crippen molar-refractivity contribution in [2.75, 3.05) is 6.61 Å². The van der Waals surface area contributed by atoms with Crippen LogP contribution in [0.4, 0.5) is 0 Å². The van der Waals surface area contributed by atoms with Crippen LogP contribution in [0, 0.1) is 6.92 Å². The van der Waals surface area contributed by atoms with Gasteiger partial charge in [-0.15, -0.1) is 16.4 Å². The van der Waals surface area contributed by atoms with Gasteiger partial charge in [0.15, 0.2) is 0 Å². The van der Waals surface area contributed by atoms with Crippen molar-refractivity contribution in [3.63, 3.8) is 0 Å². The number of hydrogen-bond acceptors (Lipinski definition) is 5. The molecule has 0 aliphatic rings. The number of aryl methyl sites for hydroxylation is 1. The summed E-state index contributed by atoms with van der Waals surface area (Å²) < 4.78 is 5.87. The summed E-state index contributed by atoms with van der Waals surface area (Å²) in [5.41, 5.74) is 13.4. The van der Waals surface area contributed by atoms with E-state index in [2.05, 4.69) is 22.1 Å². The summed E-state index contributed by atoms with van der Waals surface area (Å²) >= 11 is 1.58. The molecule has 2 aromatic rings. The molecule has 1 aromatic carbocycles. The monoisotopic (exact) mass is 415 g/mol. The minimum Gasteiger partial charge on any atom is -0.494 e. The van der Waals surface area contributed by atoms with Crippen LogP contribution in [0.3, 0.4) is 0 Å². The molecule has 0 atom stereocenters. The number of nitrogens with two attached hydrogens (primary N) is 2. The van der Waals surface area contributed by atoms with E-state index >= 15 is 0 Å². The summed E-state index contributed by atoms with van der Waals surface area (Å²) in [5.74, 6) is 0.845. The van der Waals surface area contributed by atoms with Gasteiger partial charge in [-0.1, -0.05) is 45.4 Å². The molecule has 0 saturated carbocycles. The summed E-state index contributed by atoms with van der Waals surface area (Å²) in [4.78, 5) is 5.64. The quantitative estimate of drug-likeness (QED) is 0.214. The summed E-state index contributed by atoms with van der Waals surface area (Å²) in [6.07, 6.45) is 9.00. The molecule has 29 heavy (non-hydrogen) atoms. The van der Waals surface area contributed by atoms with Crippen molar-refractivity contribution in [1.82, 2.24) is 4.98 Å². The Hall–Kier alpha value is -2.41. The number of rotatable bonds is 12. The molecular weight excluding hydrogens is 382 g/mol. The second-order valence-corrected chi connectivity index (χ2v) is 8.14. The van der Waals surface area contributed by atoms with Gasteiger partial charge in [0.1, 0.15) is 10.8 Å². The van der Waals surface area contributed by atoms with Crippen molar-refractivity contribution in [2.45, 2.75) is 65.7 Å². The molecule has 0 aliphatic heterocycles. The van der Waals surface area contributed by atoms with Crippen LogP contribution in [0.25, 0.3) is 10.6 Å². The van der Waals surface area contributed by atoms with E-state index in [1.54, 1.807) is 11.3 Å². The molecule has 0 bridgehead atoms. The lowest BCUT2D eigenvalue weighted by Gasteiger charge is -2.06. The van der Waals surface area contributed by atoms with Crippen LogP contribution < -0.4 is 16.2 Å². The van der Waals surface area contributed by atoms with Crippen molar-refractivity contribution < 1.29 is 4.74 Å². The first-order chi connectivity index (χ1) is 14.0. The van der Waals surface area contributed by atoms with Crippen LogP contribution in [0.1, 0.15) is 69.4 Å². The van der Waals surface area contributed by atoms with E-state index < -0.39 is 0 Å². The molecule has 158 valence electrons. The van der Waals surface area contributed by atoms with E-state index in [1.165, 1.54) is 38.5 Å². The molecule has 0 spiro atoms. The van der Waals surface area contributed by atoms with Crippen LogP contribution >= 0.6 is 11.3 Å². The number of aromatic nitrogens is 1. The summed E-state index contributed by atoms with van der Waals surface area (Å²) in [7, 11) is 0. The Kier molecular flexibility index (Phi) is 9.64. The smallest absolute Gasteiger partial charge is 0.211 e. The Bertz CT molecular complexity index is 807. The normalized spacial score (nSPS) is 11.5. The van der Waals surface area contributed by atoms with Gasteiger partial charge in [0, 0.05) is 5.56 Å². The number of nitrogens with zero attached hydrogens (tertiary/aromatic N) is 3. The topological polar surface area (TPSA) is 98.9 Å². The highest BCUT2D eigenvalue weighted by Crippen LogP contribution is 2.29. The first-order valence-corrected chi connectivity index (χ1v) is 11.2. The lowest BCUT2D eigenvalue weighted by molar-refractivity contribution is 0.304.